The molecule has 0 radical (unpaired) electrons. The minimum absolute atomic E-state index is 0.0148. The van der Waals surface area contributed by atoms with Crippen molar-refractivity contribution in [2.24, 2.45) is 0 Å². The second kappa shape index (κ2) is 7.16. The van der Waals surface area contributed by atoms with Gasteiger partial charge in [0.25, 0.3) is 5.56 Å². The fraction of sp³-hybridized carbons (Fsp3) is 0.263. The van der Waals surface area contributed by atoms with Crippen LogP contribution in [0.2, 0.25) is 0 Å². The van der Waals surface area contributed by atoms with E-state index in [2.05, 4.69) is 9.97 Å². The number of thioether (sulfide) groups is 1. The first-order chi connectivity index (χ1) is 13.5. The van der Waals surface area contributed by atoms with Gasteiger partial charge < -0.3 is 5.73 Å². The Morgan fingerprint density at radius 3 is 2.79 bits per heavy atom. The summed E-state index contributed by atoms with van der Waals surface area (Å²) in [5.41, 5.74) is 6.58. The van der Waals surface area contributed by atoms with Crippen LogP contribution in [0.3, 0.4) is 0 Å². The van der Waals surface area contributed by atoms with Crippen LogP contribution in [0.5, 0.6) is 0 Å². The molecule has 9 heteroatoms. The summed E-state index contributed by atoms with van der Waals surface area (Å²) in [5.74, 6) is -0.499. The van der Waals surface area contributed by atoms with Gasteiger partial charge in [-0.25, -0.2) is 9.78 Å². The second-order valence-corrected chi connectivity index (χ2v) is 7.64. The minimum Gasteiger partial charge on any atom is -0.384 e. The summed E-state index contributed by atoms with van der Waals surface area (Å²) in [6.07, 6.45) is 5.11. The third kappa shape index (κ3) is 3.29. The quantitative estimate of drug-likeness (QED) is 0.485. The van der Waals surface area contributed by atoms with E-state index in [-0.39, 0.29) is 23.2 Å². The van der Waals surface area contributed by atoms with Crippen molar-refractivity contribution in [1.82, 2.24) is 19.1 Å². The van der Waals surface area contributed by atoms with Crippen LogP contribution >= 0.6 is 11.8 Å². The number of aromatic amines is 1. The van der Waals surface area contributed by atoms with Crippen LogP contribution in [0.4, 0.5) is 5.82 Å². The Kier molecular flexibility index (Phi) is 4.68. The zero-order chi connectivity index (χ0) is 19.8. The average Bonchev–Trinajstić information content (AvgIpc) is 3.37. The highest BCUT2D eigenvalue weighted by Gasteiger charge is 2.30. The molecule has 0 aliphatic heterocycles. The van der Waals surface area contributed by atoms with Crippen molar-refractivity contribution < 1.29 is 4.79 Å². The number of nitrogens with two attached hydrogens (primary N) is 1. The second-order valence-electron chi connectivity index (χ2n) is 6.70. The highest BCUT2D eigenvalue weighted by atomic mass is 32.2. The van der Waals surface area contributed by atoms with Crippen LogP contribution in [0.25, 0.3) is 5.69 Å². The van der Waals surface area contributed by atoms with Gasteiger partial charge in [-0.1, -0.05) is 30.0 Å². The highest BCUT2D eigenvalue weighted by Crippen LogP contribution is 2.35. The van der Waals surface area contributed by atoms with E-state index in [0.29, 0.717) is 5.16 Å². The first-order valence-corrected chi connectivity index (χ1v) is 9.85. The number of carbonyl (C=O) groups is 1. The number of para-hydroxylation sites is 1. The molecule has 0 amide bonds. The van der Waals surface area contributed by atoms with E-state index >= 15 is 0 Å². The van der Waals surface area contributed by atoms with Crippen molar-refractivity contribution >= 4 is 23.4 Å². The van der Waals surface area contributed by atoms with Gasteiger partial charge in [-0.2, -0.15) is 0 Å². The number of Topliss-reactive ketones (excluding diaryl/α,β-unsaturated/α-hetero) is 1. The molecule has 1 aliphatic rings. The number of anilines is 1. The molecule has 1 aromatic carbocycles. The Morgan fingerprint density at radius 2 is 2.07 bits per heavy atom. The first-order valence-electron chi connectivity index (χ1n) is 8.87. The number of hydrogen-bond acceptors (Lipinski definition) is 6. The molecule has 0 bridgehead atoms. The van der Waals surface area contributed by atoms with Gasteiger partial charge in [0.2, 0.25) is 0 Å². The molecule has 0 saturated heterocycles. The monoisotopic (exact) mass is 397 g/mol. The fourth-order valence-electron chi connectivity index (χ4n) is 3.15. The molecule has 0 unspecified atom stereocenters. The molecule has 4 rings (SSSR count). The van der Waals surface area contributed by atoms with Crippen molar-refractivity contribution in [2.75, 3.05) is 11.5 Å². The summed E-state index contributed by atoms with van der Waals surface area (Å²) in [4.78, 5) is 43.4. The van der Waals surface area contributed by atoms with Gasteiger partial charge in [-0.15, -0.1) is 0 Å². The third-order valence-electron chi connectivity index (χ3n) is 4.69. The summed E-state index contributed by atoms with van der Waals surface area (Å²) >= 11 is 1.22. The van der Waals surface area contributed by atoms with Crippen LogP contribution in [-0.4, -0.2) is 30.6 Å². The van der Waals surface area contributed by atoms with Crippen LogP contribution in [0.15, 0.2) is 51.4 Å². The molecule has 1 fully saturated rings. The Balaban J connectivity index is 1.60. The van der Waals surface area contributed by atoms with E-state index in [0.717, 1.165) is 24.1 Å². The molecule has 8 nitrogen and oxygen atoms in total. The summed E-state index contributed by atoms with van der Waals surface area (Å²) < 4.78 is 3.21. The van der Waals surface area contributed by atoms with Crippen LogP contribution in [-0.2, 0) is 0 Å². The Bertz CT molecular complexity index is 1170. The summed E-state index contributed by atoms with van der Waals surface area (Å²) in [5, 5.41) is 0.633. The fourth-order valence-corrected chi connectivity index (χ4v) is 3.98. The summed E-state index contributed by atoms with van der Waals surface area (Å²) in [6.45, 7) is 2.00. The molecule has 1 saturated carbocycles. The standard InChI is InChI=1S/C19H19N5O3S/c1-11-4-2-3-5-13(11)23-9-8-21-19(23)28-10-14(25)15-16(20)24(12-6-7-12)18(27)22-17(15)26/h2-5,8-9,12H,6-7,10,20H2,1H3,(H,22,26,27). The van der Waals surface area contributed by atoms with Crippen LogP contribution < -0.4 is 17.0 Å². The first kappa shape index (κ1) is 18.3. The number of nitrogens with one attached hydrogen (secondary N) is 1. The van der Waals surface area contributed by atoms with Crippen molar-refractivity contribution in [2.45, 2.75) is 31.0 Å². The molecule has 2 heterocycles. The highest BCUT2D eigenvalue weighted by molar-refractivity contribution is 7.99. The number of carbonyl (C=O) groups excluding carboxylic acids is 1. The molecule has 3 aromatic rings. The van der Waals surface area contributed by atoms with E-state index in [9.17, 15) is 14.4 Å². The molecule has 0 spiro atoms. The molecular weight excluding hydrogens is 378 g/mol. The van der Waals surface area contributed by atoms with E-state index in [1.54, 1.807) is 6.20 Å². The number of nitrogen functional groups attached to an aromatic ring is 1. The maximum atomic E-state index is 12.7. The average molecular weight is 397 g/mol. The van der Waals surface area contributed by atoms with Crippen molar-refractivity contribution in [3.63, 3.8) is 0 Å². The molecule has 28 heavy (non-hydrogen) atoms. The van der Waals surface area contributed by atoms with Gasteiger partial charge in [0.15, 0.2) is 10.9 Å². The number of imidazole rings is 1. The summed E-state index contributed by atoms with van der Waals surface area (Å²) in [6, 6.07) is 7.82. The zero-order valence-corrected chi connectivity index (χ0v) is 16.0. The molecular formula is C19H19N5O3S. The zero-order valence-electron chi connectivity index (χ0n) is 15.2. The number of benzene rings is 1. The lowest BCUT2D eigenvalue weighted by Crippen LogP contribution is -2.36. The van der Waals surface area contributed by atoms with Gasteiger partial charge in [-0.3, -0.25) is 23.7 Å². The Hall–Kier alpha value is -3.07. The topological polar surface area (TPSA) is 116 Å². The smallest absolute Gasteiger partial charge is 0.330 e. The molecule has 1 aliphatic carbocycles. The number of nitrogens with zero attached hydrogens (tertiary/aromatic N) is 3. The van der Waals surface area contributed by atoms with E-state index in [1.165, 1.54) is 16.3 Å². The Labute approximate surface area is 164 Å². The minimum atomic E-state index is -0.743. The van der Waals surface area contributed by atoms with Crippen LogP contribution in [0, 0.1) is 6.92 Å². The predicted molar refractivity (Wildman–Crippen MR) is 107 cm³/mol. The lowest BCUT2D eigenvalue weighted by atomic mass is 10.2. The van der Waals surface area contributed by atoms with Gasteiger partial charge in [0.05, 0.1) is 11.4 Å². The van der Waals surface area contributed by atoms with Crippen molar-refractivity contribution in [3.05, 3.63) is 68.6 Å². The number of aromatic nitrogens is 4. The number of aryl methyl sites for hydroxylation is 1. The van der Waals surface area contributed by atoms with Gasteiger partial charge in [-0.05, 0) is 31.4 Å². The molecule has 2 aromatic heterocycles. The summed E-state index contributed by atoms with van der Waals surface area (Å²) in [7, 11) is 0. The van der Waals surface area contributed by atoms with Crippen LogP contribution in [0.1, 0.15) is 34.8 Å². The number of rotatable bonds is 6. The van der Waals surface area contributed by atoms with Gasteiger partial charge >= 0.3 is 5.69 Å². The molecule has 0 atom stereocenters. The largest absolute Gasteiger partial charge is 0.384 e. The lowest BCUT2D eigenvalue weighted by molar-refractivity contribution is 0.102. The number of ketones is 1. The SMILES string of the molecule is Cc1ccccc1-n1ccnc1SCC(=O)c1c(N)n(C2CC2)c(=O)[nH]c1=O. The van der Waals surface area contributed by atoms with E-state index in [1.807, 2.05) is 42.0 Å². The molecule has 144 valence electrons. The van der Waals surface area contributed by atoms with E-state index < -0.39 is 17.0 Å². The van der Waals surface area contributed by atoms with Gasteiger partial charge in [0, 0.05) is 18.4 Å². The van der Waals surface area contributed by atoms with Crippen molar-refractivity contribution in [3.8, 4) is 5.69 Å². The Morgan fingerprint density at radius 1 is 1.32 bits per heavy atom. The predicted octanol–water partition coefficient (Wildman–Crippen LogP) is 1.92. The maximum absolute atomic E-state index is 12.7. The number of H-pyrrole nitrogens is 1. The molecule has 3 N–H and O–H groups in total. The third-order valence-corrected chi connectivity index (χ3v) is 5.65. The van der Waals surface area contributed by atoms with Gasteiger partial charge in [0.1, 0.15) is 11.4 Å². The van der Waals surface area contributed by atoms with Crippen molar-refractivity contribution in [1.29, 1.82) is 0 Å². The normalized spacial score (nSPS) is 13.6. The maximum Gasteiger partial charge on any atom is 0.330 e. The lowest BCUT2D eigenvalue weighted by Gasteiger charge is -2.12. The van der Waals surface area contributed by atoms with E-state index in [4.69, 9.17) is 5.73 Å². The number of hydrogen-bond donors (Lipinski definition) is 2.